The summed E-state index contributed by atoms with van der Waals surface area (Å²) in [6, 6.07) is 10.4. The topological polar surface area (TPSA) is 60.7 Å². The van der Waals surface area contributed by atoms with Crippen molar-refractivity contribution in [3.63, 3.8) is 0 Å². The SMILES string of the molecule is COC(=O)Cn1c(=NC(=O)c2ccc(Cl)cc2Cl)sc2cc(C)ccc21. The fraction of sp³-hybridized carbons (Fsp3) is 0.167. The molecule has 2 aromatic carbocycles. The Bertz CT molecular complexity index is 1090. The molecule has 1 aromatic heterocycles. The highest BCUT2D eigenvalue weighted by Gasteiger charge is 2.14. The second-order valence-corrected chi connectivity index (χ2v) is 7.41. The van der Waals surface area contributed by atoms with Gasteiger partial charge in [-0.15, -0.1) is 0 Å². The monoisotopic (exact) mass is 408 g/mol. The van der Waals surface area contributed by atoms with Gasteiger partial charge < -0.3 is 9.30 Å². The zero-order valence-electron chi connectivity index (χ0n) is 14.0. The van der Waals surface area contributed by atoms with E-state index in [2.05, 4.69) is 4.99 Å². The summed E-state index contributed by atoms with van der Waals surface area (Å²) in [4.78, 5) is 28.9. The maximum atomic E-state index is 12.6. The van der Waals surface area contributed by atoms with Crippen LogP contribution in [0, 0.1) is 6.92 Å². The number of hydrogen-bond donors (Lipinski definition) is 0. The normalized spacial score (nSPS) is 11.8. The average Bonchev–Trinajstić information content (AvgIpc) is 2.90. The molecule has 0 aliphatic rings. The number of carbonyl (C=O) groups excluding carboxylic acids is 2. The highest BCUT2D eigenvalue weighted by atomic mass is 35.5. The summed E-state index contributed by atoms with van der Waals surface area (Å²) in [6.07, 6.45) is 0. The summed E-state index contributed by atoms with van der Waals surface area (Å²) >= 11 is 13.3. The molecule has 0 fully saturated rings. The molecule has 5 nitrogen and oxygen atoms in total. The average molecular weight is 409 g/mol. The van der Waals surface area contributed by atoms with Gasteiger partial charge in [0.2, 0.25) is 0 Å². The number of benzene rings is 2. The van der Waals surface area contributed by atoms with Gasteiger partial charge in [0.25, 0.3) is 5.91 Å². The minimum Gasteiger partial charge on any atom is -0.468 e. The molecule has 1 heterocycles. The third-order valence-corrected chi connectivity index (χ3v) is 5.30. The van der Waals surface area contributed by atoms with Crippen LogP contribution in [0.5, 0.6) is 0 Å². The summed E-state index contributed by atoms with van der Waals surface area (Å²) in [6.45, 7) is 1.93. The van der Waals surface area contributed by atoms with Gasteiger partial charge in [-0.2, -0.15) is 4.99 Å². The van der Waals surface area contributed by atoms with Crippen LogP contribution in [-0.4, -0.2) is 23.6 Å². The summed E-state index contributed by atoms with van der Waals surface area (Å²) in [5.41, 5.74) is 2.12. The fourth-order valence-corrected chi connectivity index (χ4v) is 4.04. The fourth-order valence-electron chi connectivity index (χ4n) is 2.42. The first-order chi connectivity index (χ1) is 12.4. The quantitative estimate of drug-likeness (QED) is 0.609. The van der Waals surface area contributed by atoms with Crippen LogP contribution in [-0.2, 0) is 16.1 Å². The smallest absolute Gasteiger partial charge is 0.325 e. The predicted octanol–water partition coefficient (Wildman–Crippen LogP) is 4.23. The summed E-state index contributed by atoms with van der Waals surface area (Å²) < 4.78 is 7.33. The Hall–Kier alpha value is -2.15. The van der Waals surface area contributed by atoms with E-state index in [1.165, 1.54) is 30.6 Å². The van der Waals surface area contributed by atoms with Gasteiger partial charge >= 0.3 is 5.97 Å². The lowest BCUT2D eigenvalue weighted by Gasteiger charge is -2.04. The molecule has 1 amide bonds. The number of carbonyl (C=O) groups is 2. The van der Waals surface area contributed by atoms with Crippen molar-refractivity contribution in [2.75, 3.05) is 7.11 Å². The third kappa shape index (κ3) is 3.82. The number of rotatable bonds is 3. The standard InChI is InChI=1S/C18H14Cl2N2O3S/c1-10-3-6-14-15(7-10)26-18(22(14)9-16(23)25-2)21-17(24)12-5-4-11(19)8-13(12)20/h3-8H,9H2,1-2H3. The van der Waals surface area contributed by atoms with Crippen LogP contribution in [0.1, 0.15) is 15.9 Å². The number of nitrogens with zero attached hydrogens (tertiary/aromatic N) is 2. The van der Waals surface area contributed by atoms with Crippen LogP contribution in [0.3, 0.4) is 0 Å². The number of esters is 1. The molecule has 134 valence electrons. The van der Waals surface area contributed by atoms with E-state index in [0.29, 0.717) is 9.82 Å². The highest BCUT2D eigenvalue weighted by molar-refractivity contribution is 7.16. The van der Waals surface area contributed by atoms with E-state index >= 15 is 0 Å². The molecule has 0 N–H and O–H groups in total. The lowest BCUT2D eigenvalue weighted by Crippen LogP contribution is -2.22. The van der Waals surface area contributed by atoms with Crippen molar-refractivity contribution in [1.29, 1.82) is 0 Å². The first kappa shape index (κ1) is 18.6. The van der Waals surface area contributed by atoms with Gasteiger partial charge in [-0.1, -0.05) is 40.6 Å². The van der Waals surface area contributed by atoms with E-state index in [1.54, 1.807) is 10.6 Å². The molecular weight excluding hydrogens is 395 g/mol. The van der Waals surface area contributed by atoms with Crippen molar-refractivity contribution >= 4 is 56.6 Å². The summed E-state index contributed by atoms with van der Waals surface area (Å²) in [5, 5.41) is 0.660. The maximum Gasteiger partial charge on any atom is 0.325 e. The lowest BCUT2D eigenvalue weighted by molar-refractivity contribution is -0.141. The van der Waals surface area contributed by atoms with E-state index in [4.69, 9.17) is 27.9 Å². The molecule has 3 rings (SSSR count). The summed E-state index contributed by atoms with van der Waals surface area (Å²) in [5.74, 6) is -0.933. The molecule has 0 aliphatic carbocycles. The van der Waals surface area contributed by atoms with Crippen LogP contribution < -0.4 is 4.80 Å². The van der Waals surface area contributed by atoms with E-state index in [0.717, 1.165) is 15.8 Å². The second kappa shape index (κ2) is 7.61. The first-order valence-corrected chi connectivity index (χ1v) is 9.17. The van der Waals surface area contributed by atoms with E-state index in [1.807, 2.05) is 25.1 Å². The van der Waals surface area contributed by atoms with E-state index in [9.17, 15) is 9.59 Å². The Balaban J connectivity index is 2.15. The van der Waals surface area contributed by atoms with Gasteiger partial charge in [0, 0.05) is 5.02 Å². The molecule has 8 heteroatoms. The molecule has 0 radical (unpaired) electrons. The Morgan fingerprint density at radius 1 is 1.19 bits per heavy atom. The van der Waals surface area contributed by atoms with Crippen molar-refractivity contribution in [2.24, 2.45) is 4.99 Å². The van der Waals surface area contributed by atoms with Gasteiger partial charge in [-0.25, -0.2) is 0 Å². The molecule has 0 saturated heterocycles. The molecular formula is C18H14Cl2N2O3S. The highest BCUT2D eigenvalue weighted by Crippen LogP contribution is 2.22. The van der Waals surface area contributed by atoms with Crippen LogP contribution in [0.25, 0.3) is 10.2 Å². The largest absolute Gasteiger partial charge is 0.468 e. The summed E-state index contributed by atoms with van der Waals surface area (Å²) in [7, 11) is 1.32. The number of aryl methyl sites for hydroxylation is 1. The van der Waals surface area contributed by atoms with Crippen molar-refractivity contribution in [2.45, 2.75) is 13.5 Å². The molecule has 0 aliphatic heterocycles. The molecule has 0 spiro atoms. The van der Waals surface area contributed by atoms with Gasteiger partial charge in [-0.3, -0.25) is 9.59 Å². The number of hydrogen-bond acceptors (Lipinski definition) is 4. The van der Waals surface area contributed by atoms with Crippen molar-refractivity contribution < 1.29 is 14.3 Å². The molecule has 0 unspecified atom stereocenters. The van der Waals surface area contributed by atoms with Gasteiger partial charge in [0.05, 0.1) is 27.9 Å². The van der Waals surface area contributed by atoms with E-state index < -0.39 is 11.9 Å². The number of thiazole rings is 1. The van der Waals surface area contributed by atoms with Crippen molar-refractivity contribution in [3.05, 3.63) is 62.4 Å². The van der Waals surface area contributed by atoms with Crippen molar-refractivity contribution in [1.82, 2.24) is 4.57 Å². The van der Waals surface area contributed by atoms with Gasteiger partial charge in [0.1, 0.15) is 6.54 Å². The van der Waals surface area contributed by atoms with Gasteiger partial charge in [0.15, 0.2) is 4.80 Å². The first-order valence-electron chi connectivity index (χ1n) is 7.60. The van der Waals surface area contributed by atoms with Crippen LogP contribution in [0.2, 0.25) is 10.0 Å². The van der Waals surface area contributed by atoms with Gasteiger partial charge in [-0.05, 0) is 42.8 Å². The minimum atomic E-state index is -0.506. The predicted molar refractivity (Wildman–Crippen MR) is 103 cm³/mol. The number of ether oxygens (including phenoxy) is 1. The Kier molecular flexibility index (Phi) is 5.46. The zero-order chi connectivity index (χ0) is 18.8. The lowest BCUT2D eigenvalue weighted by atomic mass is 10.2. The molecule has 26 heavy (non-hydrogen) atoms. The Labute approximate surface area is 163 Å². The number of fused-ring (bicyclic) bond motifs is 1. The minimum absolute atomic E-state index is 0.0416. The molecule has 3 aromatic rings. The maximum absolute atomic E-state index is 12.6. The molecule has 0 saturated carbocycles. The number of halogens is 2. The Morgan fingerprint density at radius 2 is 1.96 bits per heavy atom. The molecule has 0 atom stereocenters. The number of aromatic nitrogens is 1. The Morgan fingerprint density at radius 3 is 2.65 bits per heavy atom. The zero-order valence-corrected chi connectivity index (χ0v) is 16.3. The number of methoxy groups -OCH3 is 1. The second-order valence-electron chi connectivity index (χ2n) is 5.56. The van der Waals surface area contributed by atoms with Crippen LogP contribution in [0.15, 0.2) is 41.4 Å². The van der Waals surface area contributed by atoms with Crippen molar-refractivity contribution in [3.8, 4) is 0 Å². The van der Waals surface area contributed by atoms with Crippen LogP contribution in [0.4, 0.5) is 0 Å². The van der Waals surface area contributed by atoms with E-state index in [-0.39, 0.29) is 17.1 Å². The molecule has 0 bridgehead atoms. The number of amides is 1. The van der Waals surface area contributed by atoms with Crippen LogP contribution >= 0.6 is 34.5 Å². The third-order valence-electron chi connectivity index (χ3n) is 3.71.